The van der Waals surface area contributed by atoms with E-state index in [1.807, 2.05) is 0 Å². The normalized spacial score (nSPS) is 12.8. The van der Waals surface area contributed by atoms with Crippen LogP contribution in [-0.4, -0.2) is 29.3 Å². The summed E-state index contributed by atoms with van der Waals surface area (Å²) < 4.78 is 4.99. The SMILES string of the molecule is CC(=O)C[C@H](NC(=O)OC(C)(C)C)C(C)=O. The van der Waals surface area contributed by atoms with E-state index in [9.17, 15) is 14.4 Å². The van der Waals surface area contributed by atoms with Crippen LogP contribution in [0, 0.1) is 0 Å². The summed E-state index contributed by atoms with van der Waals surface area (Å²) in [7, 11) is 0. The van der Waals surface area contributed by atoms with Crippen molar-refractivity contribution in [3.05, 3.63) is 0 Å². The van der Waals surface area contributed by atoms with Crippen LogP contribution in [0.5, 0.6) is 0 Å². The number of ether oxygens (including phenoxy) is 1. The molecule has 16 heavy (non-hydrogen) atoms. The Morgan fingerprint density at radius 3 is 2.00 bits per heavy atom. The second-order valence-electron chi connectivity index (χ2n) is 4.72. The van der Waals surface area contributed by atoms with Gasteiger partial charge in [0.2, 0.25) is 0 Å². The number of carbonyl (C=O) groups is 3. The van der Waals surface area contributed by atoms with Crippen molar-refractivity contribution in [3.63, 3.8) is 0 Å². The Bertz CT molecular complexity index is 291. The fourth-order valence-electron chi connectivity index (χ4n) is 1.03. The number of hydrogen-bond acceptors (Lipinski definition) is 4. The number of Topliss-reactive ketones (excluding diaryl/α,β-unsaturated/α-hetero) is 2. The molecular weight excluding hydrogens is 210 g/mol. The third kappa shape index (κ3) is 6.98. The molecule has 0 spiro atoms. The molecule has 0 radical (unpaired) electrons. The lowest BCUT2D eigenvalue weighted by molar-refractivity contribution is -0.124. The molecule has 0 heterocycles. The Morgan fingerprint density at radius 2 is 1.69 bits per heavy atom. The highest BCUT2D eigenvalue weighted by Crippen LogP contribution is 2.07. The quantitative estimate of drug-likeness (QED) is 0.791. The van der Waals surface area contributed by atoms with Gasteiger partial charge < -0.3 is 10.1 Å². The highest BCUT2D eigenvalue weighted by atomic mass is 16.6. The summed E-state index contributed by atoms with van der Waals surface area (Å²) in [6.07, 6.45) is -0.692. The molecule has 0 aromatic heterocycles. The maximum absolute atomic E-state index is 11.4. The standard InChI is InChI=1S/C11H19NO4/c1-7(13)6-9(8(2)14)12-10(15)16-11(3,4)5/h9H,6H2,1-5H3,(H,12,15)/t9-/m0/s1. The van der Waals surface area contributed by atoms with Gasteiger partial charge in [-0.15, -0.1) is 0 Å². The van der Waals surface area contributed by atoms with Crippen LogP contribution in [0.2, 0.25) is 0 Å². The average Bonchev–Trinajstić information content (AvgIpc) is 1.97. The monoisotopic (exact) mass is 229 g/mol. The zero-order chi connectivity index (χ0) is 12.9. The minimum atomic E-state index is -0.799. The number of hydrogen-bond donors (Lipinski definition) is 1. The molecule has 0 saturated carbocycles. The predicted octanol–water partition coefficient (Wildman–Crippen LogP) is 1.45. The fourth-order valence-corrected chi connectivity index (χ4v) is 1.03. The van der Waals surface area contributed by atoms with Crippen LogP contribution in [0.4, 0.5) is 4.79 Å². The Labute approximate surface area is 95.5 Å². The van der Waals surface area contributed by atoms with Crippen LogP contribution in [0.1, 0.15) is 41.0 Å². The Balaban J connectivity index is 4.35. The Hall–Kier alpha value is -1.39. The molecule has 0 aromatic rings. The highest BCUT2D eigenvalue weighted by Gasteiger charge is 2.22. The van der Waals surface area contributed by atoms with Crippen molar-refractivity contribution >= 4 is 17.7 Å². The van der Waals surface area contributed by atoms with E-state index < -0.39 is 17.7 Å². The summed E-state index contributed by atoms with van der Waals surface area (Å²) in [6, 6.07) is -0.799. The van der Waals surface area contributed by atoms with E-state index in [0.717, 1.165) is 0 Å². The minimum absolute atomic E-state index is 0.00538. The number of carbonyl (C=O) groups excluding carboxylic acids is 3. The van der Waals surface area contributed by atoms with Gasteiger partial charge in [-0.1, -0.05) is 0 Å². The summed E-state index contributed by atoms with van der Waals surface area (Å²) in [5.41, 5.74) is -0.623. The van der Waals surface area contributed by atoms with Crippen LogP contribution >= 0.6 is 0 Å². The molecule has 0 fully saturated rings. The van der Waals surface area contributed by atoms with Gasteiger partial charge in [-0.3, -0.25) is 9.59 Å². The van der Waals surface area contributed by atoms with Gasteiger partial charge in [0, 0.05) is 6.42 Å². The van der Waals surface area contributed by atoms with Crippen molar-refractivity contribution in [1.29, 1.82) is 0 Å². The summed E-state index contributed by atoms with van der Waals surface area (Å²) in [6.45, 7) is 7.86. The van der Waals surface area contributed by atoms with Crippen molar-refractivity contribution in [2.45, 2.75) is 52.7 Å². The third-order valence-corrected chi connectivity index (χ3v) is 1.67. The van der Waals surface area contributed by atoms with Crippen molar-refractivity contribution in [2.75, 3.05) is 0 Å². The molecule has 5 nitrogen and oxygen atoms in total. The number of rotatable bonds is 4. The fraction of sp³-hybridized carbons (Fsp3) is 0.727. The van der Waals surface area contributed by atoms with Gasteiger partial charge in [0.25, 0.3) is 0 Å². The van der Waals surface area contributed by atoms with Crippen LogP contribution in [0.15, 0.2) is 0 Å². The molecule has 0 aliphatic heterocycles. The van der Waals surface area contributed by atoms with Crippen molar-refractivity contribution in [1.82, 2.24) is 5.32 Å². The van der Waals surface area contributed by atoms with Gasteiger partial charge in [0.15, 0.2) is 5.78 Å². The smallest absolute Gasteiger partial charge is 0.408 e. The van der Waals surface area contributed by atoms with Gasteiger partial charge in [-0.05, 0) is 34.6 Å². The van der Waals surface area contributed by atoms with Crippen molar-refractivity contribution in [3.8, 4) is 0 Å². The first-order chi connectivity index (χ1) is 7.11. The molecule has 0 saturated heterocycles. The zero-order valence-electron chi connectivity index (χ0n) is 10.4. The molecule has 0 bridgehead atoms. The van der Waals surface area contributed by atoms with Crippen LogP contribution in [0.25, 0.3) is 0 Å². The second kappa shape index (κ2) is 5.63. The lowest BCUT2D eigenvalue weighted by Gasteiger charge is -2.22. The van der Waals surface area contributed by atoms with Gasteiger partial charge in [-0.2, -0.15) is 0 Å². The van der Waals surface area contributed by atoms with Crippen molar-refractivity contribution < 1.29 is 19.1 Å². The molecule has 0 aliphatic rings. The van der Waals surface area contributed by atoms with E-state index in [4.69, 9.17) is 4.74 Å². The number of ketones is 2. The van der Waals surface area contributed by atoms with E-state index in [1.54, 1.807) is 20.8 Å². The molecule has 0 aromatic carbocycles. The van der Waals surface area contributed by atoms with Gasteiger partial charge in [0.1, 0.15) is 11.4 Å². The van der Waals surface area contributed by atoms with Gasteiger partial charge in [0.05, 0.1) is 6.04 Å². The summed E-state index contributed by atoms with van der Waals surface area (Å²) >= 11 is 0. The molecule has 0 rings (SSSR count). The third-order valence-electron chi connectivity index (χ3n) is 1.67. The topological polar surface area (TPSA) is 72.5 Å². The average molecular weight is 229 g/mol. The maximum atomic E-state index is 11.4. The number of amides is 1. The number of alkyl carbamates (subject to hydrolysis) is 1. The van der Waals surface area contributed by atoms with E-state index in [0.29, 0.717) is 0 Å². The highest BCUT2D eigenvalue weighted by molar-refractivity contribution is 5.90. The van der Waals surface area contributed by atoms with E-state index in [2.05, 4.69) is 5.32 Å². The van der Waals surface area contributed by atoms with E-state index in [1.165, 1.54) is 13.8 Å². The molecule has 0 unspecified atom stereocenters. The molecule has 1 amide bonds. The first-order valence-electron chi connectivity index (χ1n) is 5.11. The second-order valence-corrected chi connectivity index (χ2v) is 4.72. The lowest BCUT2D eigenvalue weighted by Crippen LogP contribution is -2.43. The number of nitrogens with one attached hydrogen (secondary N) is 1. The molecule has 1 atom stereocenters. The predicted molar refractivity (Wildman–Crippen MR) is 59.1 cm³/mol. The molecule has 0 aliphatic carbocycles. The van der Waals surface area contributed by atoms with Gasteiger partial charge >= 0.3 is 6.09 Å². The largest absolute Gasteiger partial charge is 0.444 e. The van der Waals surface area contributed by atoms with Crippen LogP contribution in [0.3, 0.4) is 0 Å². The molecule has 1 N–H and O–H groups in total. The first-order valence-corrected chi connectivity index (χ1v) is 5.11. The van der Waals surface area contributed by atoms with Crippen molar-refractivity contribution in [2.24, 2.45) is 0 Å². The maximum Gasteiger partial charge on any atom is 0.408 e. The van der Waals surface area contributed by atoms with Gasteiger partial charge in [-0.25, -0.2) is 4.79 Å². The minimum Gasteiger partial charge on any atom is -0.444 e. The Kier molecular flexibility index (Phi) is 5.14. The summed E-state index contributed by atoms with van der Waals surface area (Å²) in [5, 5.41) is 2.37. The van der Waals surface area contributed by atoms with E-state index in [-0.39, 0.29) is 18.0 Å². The summed E-state index contributed by atoms with van der Waals surface area (Å²) in [5.74, 6) is -0.419. The molecular formula is C11H19NO4. The summed E-state index contributed by atoms with van der Waals surface area (Å²) in [4.78, 5) is 33.4. The zero-order valence-corrected chi connectivity index (χ0v) is 10.4. The molecule has 92 valence electrons. The lowest BCUT2D eigenvalue weighted by atomic mass is 10.1. The Morgan fingerprint density at radius 1 is 1.19 bits per heavy atom. The van der Waals surface area contributed by atoms with Crippen LogP contribution < -0.4 is 5.32 Å². The first kappa shape index (κ1) is 14.6. The van der Waals surface area contributed by atoms with E-state index >= 15 is 0 Å². The molecule has 5 heteroatoms. The van der Waals surface area contributed by atoms with Crippen LogP contribution in [-0.2, 0) is 14.3 Å².